The van der Waals surface area contributed by atoms with Crippen molar-refractivity contribution in [3.05, 3.63) is 34.6 Å². The summed E-state index contributed by atoms with van der Waals surface area (Å²) < 4.78 is 0. The zero-order valence-corrected chi connectivity index (χ0v) is 16.6. The number of rotatable bonds is 5. The third-order valence-corrected chi connectivity index (χ3v) is 6.46. The third-order valence-electron chi connectivity index (χ3n) is 6.46. The predicted molar refractivity (Wildman–Crippen MR) is 106 cm³/mol. The van der Waals surface area contributed by atoms with Crippen LogP contribution in [0, 0.1) is 23.7 Å². The fraction of sp³-hybridized carbons (Fsp3) is 0.476. The lowest BCUT2D eigenvalue weighted by Crippen LogP contribution is -2.36. The van der Waals surface area contributed by atoms with Crippen LogP contribution in [-0.4, -0.2) is 53.5 Å². The van der Waals surface area contributed by atoms with Crippen LogP contribution in [0.25, 0.3) is 0 Å². The molecule has 1 amide bonds. The van der Waals surface area contributed by atoms with Gasteiger partial charge in [-0.3, -0.25) is 14.4 Å². The summed E-state index contributed by atoms with van der Waals surface area (Å²) in [6.45, 7) is 1.81. The number of benzene rings is 1. The van der Waals surface area contributed by atoms with E-state index in [1.54, 1.807) is 6.07 Å². The molecule has 5 N–H and O–H groups in total. The van der Waals surface area contributed by atoms with E-state index < -0.39 is 41.0 Å². The highest BCUT2D eigenvalue weighted by atomic mass is 16.3. The summed E-state index contributed by atoms with van der Waals surface area (Å²) in [6, 6.07) is 3.16. The second-order valence-electron chi connectivity index (χ2n) is 8.17. The summed E-state index contributed by atoms with van der Waals surface area (Å²) in [5.41, 5.74) is 6.34. The molecule has 0 aromatic heterocycles. The number of hydrogen-bond acceptors (Lipinski definition) is 7. The minimum Gasteiger partial charge on any atom is -0.511 e. The molecule has 29 heavy (non-hydrogen) atoms. The van der Waals surface area contributed by atoms with Gasteiger partial charge in [0.05, 0.1) is 11.7 Å². The lowest BCUT2D eigenvalue weighted by molar-refractivity contribution is -0.123. The van der Waals surface area contributed by atoms with Gasteiger partial charge in [-0.1, -0.05) is 6.92 Å². The first-order valence-corrected chi connectivity index (χ1v) is 9.51. The second kappa shape index (κ2) is 7.51. The van der Waals surface area contributed by atoms with Crippen molar-refractivity contribution in [2.24, 2.45) is 29.4 Å². The first-order chi connectivity index (χ1) is 13.6. The molecule has 5 atom stereocenters. The number of nitrogens with two attached hydrogens (primary N) is 1. The monoisotopic (exact) mass is 402 g/mol. The minimum absolute atomic E-state index is 0.0222. The molecule has 0 spiro atoms. The molecule has 0 aliphatic heterocycles. The Morgan fingerprint density at radius 3 is 2.52 bits per heavy atom. The Hall–Kier alpha value is -2.87. The number of Topliss-reactive ketones (excluding diaryl/α,β-unsaturated/α-hetero) is 1. The quantitative estimate of drug-likeness (QED) is 0.424. The van der Waals surface area contributed by atoms with Crippen molar-refractivity contribution in [1.82, 2.24) is 0 Å². The zero-order valence-electron chi connectivity index (χ0n) is 16.6. The number of aldehydes is 1. The molecule has 1 aromatic rings. The van der Waals surface area contributed by atoms with Gasteiger partial charge < -0.3 is 26.0 Å². The number of hydrogen-bond donors (Lipinski definition) is 4. The second-order valence-corrected chi connectivity index (χ2v) is 8.17. The van der Waals surface area contributed by atoms with Crippen molar-refractivity contribution >= 4 is 23.7 Å². The average molecular weight is 402 g/mol. The van der Waals surface area contributed by atoms with Gasteiger partial charge in [-0.05, 0) is 41.9 Å². The molecule has 1 aromatic carbocycles. The normalized spacial score (nSPS) is 29.0. The van der Waals surface area contributed by atoms with Crippen molar-refractivity contribution in [2.45, 2.75) is 25.9 Å². The molecular weight excluding hydrogens is 376 g/mol. The molecule has 0 bridgehead atoms. The summed E-state index contributed by atoms with van der Waals surface area (Å²) in [6.07, 6.45) is -0.0694. The van der Waals surface area contributed by atoms with Gasteiger partial charge in [0.25, 0.3) is 5.91 Å². The molecule has 8 nitrogen and oxygen atoms in total. The summed E-state index contributed by atoms with van der Waals surface area (Å²) in [5, 5.41) is 31.5. The molecule has 0 radical (unpaired) electrons. The number of phenolic OH excluding ortho intramolecular Hbond substituents is 1. The van der Waals surface area contributed by atoms with Crippen molar-refractivity contribution < 1.29 is 29.7 Å². The van der Waals surface area contributed by atoms with Crippen LogP contribution in [-0.2, 0) is 16.0 Å². The fourth-order valence-electron chi connectivity index (χ4n) is 5.00. The first kappa shape index (κ1) is 20.9. The van der Waals surface area contributed by atoms with E-state index in [1.807, 2.05) is 25.9 Å². The highest BCUT2D eigenvalue weighted by Crippen LogP contribution is 2.51. The molecule has 4 unspecified atom stereocenters. The van der Waals surface area contributed by atoms with Crippen LogP contribution >= 0.6 is 0 Å². The van der Waals surface area contributed by atoms with Crippen LogP contribution < -0.4 is 10.6 Å². The Morgan fingerprint density at radius 1 is 1.31 bits per heavy atom. The number of phenols is 1. The predicted octanol–water partition coefficient (Wildman–Crippen LogP) is 0.943. The molecule has 2 aliphatic rings. The van der Waals surface area contributed by atoms with Gasteiger partial charge in [0.15, 0.2) is 12.1 Å². The van der Waals surface area contributed by atoms with E-state index in [0.29, 0.717) is 18.3 Å². The zero-order chi connectivity index (χ0) is 21.6. The van der Waals surface area contributed by atoms with Crippen LogP contribution in [0.1, 0.15) is 29.3 Å². The number of aliphatic hydroxyl groups excluding tert-OH is 2. The molecule has 0 saturated heterocycles. The van der Waals surface area contributed by atoms with Crippen LogP contribution in [0.15, 0.2) is 23.5 Å². The van der Waals surface area contributed by atoms with E-state index in [1.165, 1.54) is 6.07 Å². The van der Waals surface area contributed by atoms with E-state index in [4.69, 9.17) is 5.73 Å². The van der Waals surface area contributed by atoms with E-state index in [-0.39, 0.29) is 29.6 Å². The highest BCUT2D eigenvalue weighted by molar-refractivity contribution is 6.19. The number of aromatic hydroxyl groups is 1. The third kappa shape index (κ3) is 3.27. The number of primary amides is 1. The van der Waals surface area contributed by atoms with Gasteiger partial charge in [0, 0.05) is 32.1 Å². The van der Waals surface area contributed by atoms with Crippen LogP contribution in [0.3, 0.4) is 0 Å². The maximum absolute atomic E-state index is 12.4. The van der Waals surface area contributed by atoms with Crippen LogP contribution in [0.5, 0.6) is 5.75 Å². The smallest absolute Gasteiger partial charge is 0.255 e. The van der Waals surface area contributed by atoms with Crippen LogP contribution in [0.4, 0.5) is 5.69 Å². The number of carbonyl (C=O) groups is 3. The van der Waals surface area contributed by atoms with Gasteiger partial charge in [-0.25, -0.2) is 0 Å². The standard InChI is InChI=1S/C21H26N2O6/c1-9-10(6-11-13(8-24)15(25)5-4-14(11)23(2)3)12-7-16(26)18(21(22)29)20(28)17(12)19(9)27/h4-5,8-10,12,17,19,25,27-28H,6-7H2,1-3H3,(H2,22,29)/t9?,10-,12?,17?,19?/m1/s1. The van der Waals surface area contributed by atoms with Crippen molar-refractivity contribution in [1.29, 1.82) is 0 Å². The summed E-state index contributed by atoms with van der Waals surface area (Å²) >= 11 is 0. The number of fused-ring (bicyclic) bond motifs is 1. The van der Waals surface area contributed by atoms with E-state index >= 15 is 0 Å². The molecule has 1 saturated carbocycles. The maximum atomic E-state index is 12.4. The maximum Gasteiger partial charge on any atom is 0.255 e. The summed E-state index contributed by atoms with van der Waals surface area (Å²) in [7, 11) is 3.63. The number of aliphatic hydroxyl groups is 2. The van der Waals surface area contributed by atoms with Crippen molar-refractivity contribution in [3.63, 3.8) is 0 Å². The van der Waals surface area contributed by atoms with Gasteiger partial charge >= 0.3 is 0 Å². The van der Waals surface area contributed by atoms with Gasteiger partial charge in [-0.15, -0.1) is 0 Å². The lowest BCUT2D eigenvalue weighted by atomic mass is 9.74. The molecule has 1 fully saturated rings. The Kier molecular flexibility index (Phi) is 5.40. The number of carbonyl (C=O) groups excluding carboxylic acids is 3. The molecule has 8 heteroatoms. The average Bonchev–Trinajstić information content (AvgIpc) is 2.86. The van der Waals surface area contributed by atoms with Gasteiger partial charge in [-0.2, -0.15) is 0 Å². The van der Waals surface area contributed by atoms with Gasteiger partial charge in [0.1, 0.15) is 17.1 Å². The first-order valence-electron chi connectivity index (χ1n) is 9.51. The Bertz CT molecular complexity index is 907. The summed E-state index contributed by atoms with van der Waals surface area (Å²) in [5.74, 6) is -3.87. The van der Waals surface area contributed by atoms with Crippen LogP contribution in [0.2, 0.25) is 0 Å². The number of anilines is 1. The number of nitrogens with zero attached hydrogens (tertiary/aromatic N) is 1. The molecule has 2 aliphatic carbocycles. The largest absolute Gasteiger partial charge is 0.511 e. The van der Waals surface area contributed by atoms with E-state index in [2.05, 4.69) is 0 Å². The Labute approximate surface area is 168 Å². The number of amides is 1. The molecule has 156 valence electrons. The van der Waals surface area contributed by atoms with Crippen molar-refractivity contribution in [2.75, 3.05) is 19.0 Å². The fourth-order valence-corrected chi connectivity index (χ4v) is 5.00. The highest BCUT2D eigenvalue weighted by Gasteiger charge is 2.54. The van der Waals surface area contributed by atoms with Crippen molar-refractivity contribution in [3.8, 4) is 5.75 Å². The minimum atomic E-state index is -1.000. The molecule has 0 heterocycles. The van der Waals surface area contributed by atoms with E-state index in [0.717, 1.165) is 5.69 Å². The lowest BCUT2D eigenvalue weighted by Gasteiger charge is -2.31. The van der Waals surface area contributed by atoms with E-state index in [9.17, 15) is 29.7 Å². The van der Waals surface area contributed by atoms with Gasteiger partial charge in [0.2, 0.25) is 0 Å². The topological polar surface area (TPSA) is 141 Å². The SMILES string of the molecule is CC1C(O)C2C(O)=C(C(N)=O)C(=O)CC2[C@@H]1Cc1c(N(C)C)ccc(O)c1C=O. The Morgan fingerprint density at radius 2 is 1.97 bits per heavy atom. The number of ketones is 1. The summed E-state index contributed by atoms with van der Waals surface area (Å²) in [4.78, 5) is 37.5. The molecular formula is C21H26N2O6. The molecule has 3 rings (SSSR count). The Balaban J connectivity index is 2.07.